The number of fused-ring (bicyclic) bond motifs is 1. The fourth-order valence-electron chi connectivity index (χ4n) is 2.05. The molecule has 1 atom stereocenters. The molecule has 1 aromatic carbocycles. The van der Waals surface area contributed by atoms with Crippen LogP contribution in [0, 0.1) is 5.82 Å². The average Bonchev–Trinajstić information content (AvgIpc) is 3.04. The minimum atomic E-state index is -0.700. The van der Waals surface area contributed by atoms with E-state index in [1.165, 1.54) is 19.2 Å². The van der Waals surface area contributed by atoms with Gasteiger partial charge in [-0.3, -0.25) is 0 Å². The number of nitrogens with zero attached hydrogens (tertiary/aromatic N) is 1. The van der Waals surface area contributed by atoms with E-state index in [4.69, 9.17) is 16.3 Å². The van der Waals surface area contributed by atoms with E-state index in [9.17, 15) is 9.18 Å². The number of hydrogen-bond acceptors (Lipinski definition) is 4. The van der Waals surface area contributed by atoms with E-state index in [1.807, 2.05) is 0 Å². The summed E-state index contributed by atoms with van der Waals surface area (Å²) < 4.78 is 23.2. The smallest absolute Gasteiger partial charge is 0.334 e. The Labute approximate surface area is 118 Å². The molecule has 0 bridgehead atoms. The molecule has 1 aromatic heterocycles. The van der Waals surface area contributed by atoms with Gasteiger partial charge >= 0.3 is 5.97 Å². The van der Waals surface area contributed by atoms with Gasteiger partial charge in [-0.2, -0.15) is 0 Å². The zero-order valence-corrected chi connectivity index (χ0v) is 11.2. The highest BCUT2D eigenvalue weighted by molar-refractivity contribution is 6.38. The van der Waals surface area contributed by atoms with Crippen molar-refractivity contribution in [3.8, 4) is 0 Å². The van der Waals surface area contributed by atoms with Crippen molar-refractivity contribution in [3.63, 3.8) is 0 Å². The predicted octanol–water partition coefficient (Wildman–Crippen LogP) is 2.28. The molecule has 1 aliphatic heterocycles. The maximum atomic E-state index is 13.2. The number of nitrogens with one attached hydrogen (secondary N) is 1. The molecule has 7 heteroatoms. The van der Waals surface area contributed by atoms with Crippen LogP contribution in [0.15, 0.2) is 23.2 Å². The van der Waals surface area contributed by atoms with Gasteiger partial charge in [-0.25, -0.2) is 14.2 Å². The molecule has 1 N–H and O–H groups in total. The van der Waals surface area contributed by atoms with Gasteiger partial charge in [-0.05, 0) is 18.2 Å². The summed E-state index contributed by atoms with van der Waals surface area (Å²) in [6.45, 7) is 0.0993. The van der Waals surface area contributed by atoms with E-state index in [0.29, 0.717) is 21.6 Å². The molecule has 5 nitrogen and oxygen atoms in total. The lowest BCUT2D eigenvalue weighted by atomic mass is 10.2. The van der Waals surface area contributed by atoms with Crippen LogP contribution in [0.3, 0.4) is 0 Å². The Morgan fingerprint density at radius 1 is 1.60 bits per heavy atom. The van der Waals surface area contributed by atoms with Crippen LogP contribution >= 0.6 is 11.6 Å². The summed E-state index contributed by atoms with van der Waals surface area (Å²) in [5, 5.41) is 0.846. The van der Waals surface area contributed by atoms with Crippen LogP contribution in [-0.4, -0.2) is 36.6 Å². The predicted molar refractivity (Wildman–Crippen MR) is 71.6 cm³/mol. The van der Waals surface area contributed by atoms with Crippen molar-refractivity contribution in [3.05, 3.63) is 34.7 Å². The fraction of sp³-hybridized carbons (Fsp3) is 0.231. The SMILES string of the molecule is COC(=O)[C@H]1COC(c2[nH]c3ccc(F)cc3c2Cl)=N1. The first-order valence-electron chi connectivity index (χ1n) is 5.85. The molecule has 0 spiro atoms. The minimum absolute atomic E-state index is 0.0993. The molecule has 0 unspecified atom stereocenters. The summed E-state index contributed by atoms with van der Waals surface area (Å²) in [5.41, 5.74) is 1.10. The van der Waals surface area contributed by atoms with Gasteiger partial charge in [0.1, 0.15) is 18.1 Å². The number of carbonyl (C=O) groups is 1. The van der Waals surface area contributed by atoms with Crippen LogP contribution in [-0.2, 0) is 14.3 Å². The molecule has 2 aromatic rings. The summed E-state index contributed by atoms with van der Waals surface area (Å²) in [4.78, 5) is 18.5. The molecular formula is C13H10ClFN2O3. The Kier molecular flexibility index (Phi) is 3.10. The van der Waals surface area contributed by atoms with Crippen molar-refractivity contribution < 1.29 is 18.7 Å². The first kappa shape index (κ1) is 12.9. The number of esters is 1. The lowest BCUT2D eigenvalue weighted by Crippen LogP contribution is -2.21. The molecule has 3 rings (SSSR count). The normalized spacial score (nSPS) is 17.9. The number of halogens is 2. The summed E-state index contributed by atoms with van der Waals surface area (Å²) in [7, 11) is 1.29. The molecule has 0 saturated carbocycles. The second kappa shape index (κ2) is 4.79. The second-order valence-corrected chi connectivity index (χ2v) is 4.67. The number of methoxy groups -OCH3 is 1. The number of ether oxygens (including phenoxy) is 2. The Balaban J connectivity index is 2.03. The number of H-pyrrole nitrogens is 1. The Morgan fingerprint density at radius 3 is 3.15 bits per heavy atom. The maximum absolute atomic E-state index is 13.2. The van der Waals surface area contributed by atoms with Crippen molar-refractivity contribution >= 4 is 34.4 Å². The summed E-state index contributed by atoms with van der Waals surface area (Å²) in [6.07, 6.45) is 0. The van der Waals surface area contributed by atoms with Crippen molar-refractivity contribution in [2.24, 2.45) is 4.99 Å². The molecule has 2 heterocycles. The summed E-state index contributed by atoms with van der Waals surface area (Å²) >= 11 is 6.20. The average molecular weight is 297 g/mol. The van der Waals surface area contributed by atoms with Crippen LogP contribution in [0.25, 0.3) is 10.9 Å². The third-order valence-corrected chi connectivity index (χ3v) is 3.43. The van der Waals surface area contributed by atoms with Crippen molar-refractivity contribution in [1.82, 2.24) is 4.98 Å². The number of rotatable bonds is 2. The van der Waals surface area contributed by atoms with Gasteiger partial charge in [-0.15, -0.1) is 0 Å². The molecule has 20 heavy (non-hydrogen) atoms. The number of hydrogen-bond donors (Lipinski definition) is 1. The van der Waals surface area contributed by atoms with Crippen LogP contribution in [0.4, 0.5) is 4.39 Å². The highest BCUT2D eigenvalue weighted by atomic mass is 35.5. The van der Waals surface area contributed by atoms with Crippen LogP contribution in [0.2, 0.25) is 5.02 Å². The van der Waals surface area contributed by atoms with E-state index in [1.54, 1.807) is 6.07 Å². The molecule has 0 fully saturated rings. The lowest BCUT2D eigenvalue weighted by molar-refractivity contribution is -0.142. The number of aromatic nitrogens is 1. The third kappa shape index (κ3) is 2.02. The topological polar surface area (TPSA) is 63.7 Å². The molecule has 104 valence electrons. The first-order chi connectivity index (χ1) is 9.60. The Bertz CT molecular complexity index is 726. The van der Waals surface area contributed by atoms with E-state index in [-0.39, 0.29) is 18.3 Å². The van der Waals surface area contributed by atoms with Gasteiger partial charge in [0.05, 0.1) is 12.1 Å². The number of benzene rings is 1. The zero-order chi connectivity index (χ0) is 14.3. The Hall–Kier alpha value is -2.08. The molecule has 0 aliphatic carbocycles. The minimum Gasteiger partial charge on any atom is -0.473 e. The maximum Gasteiger partial charge on any atom is 0.334 e. The molecule has 0 amide bonds. The third-order valence-electron chi connectivity index (χ3n) is 3.04. The number of aromatic amines is 1. The van der Waals surface area contributed by atoms with E-state index in [0.717, 1.165) is 0 Å². The second-order valence-electron chi connectivity index (χ2n) is 4.29. The zero-order valence-electron chi connectivity index (χ0n) is 10.4. The molecule has 0 radical (unpaired) electrons. The number of aliphatic imine (C=N–C) groups is 1. The van der Waals surface area contributed by atoms with E-state index in [2.05, 4.69) is 14.7 Å². The Morgan fingerprint density at radius 2 is 2.40 bits per heavy atom. The van der Waals surface area contributed by atoms with Gasteiger partial charge in [0.25, 0.3) is 0 Å². The lowest BCUT2D eigenvalue weighted by Gasteiger charge is -2.00. The molecule has 1 aliphatic rings. The highest BCUT2D eigenvalue weighted by Crippen LogP contribution is 2.30. The number of carbonyl (C=O) groups excluding carboxylic acids is 1. The van der Waals surface area contributed by atoms with Crippen LogP contribution in [0.5, 0.6) is 0 Å². The van der Waals surface area contributed by atoms with Gasteiger partial charge in [0, 0.05) is 10.9 Å². The monoisotopic (exact) mass is 296 g/mol. The standard InChI is InChI=1S/C13H10ClFN2O3/c1-19-13(18)9-5-20-12(17-9)11-10(14)7-4-6(15)2-3-8(7)16-11/h2-4,9,16H,5H2,1H3/t9-/m1/s1. The van der Waals surface area contributed by atoms with Crippen molar-refractivity contribution in [2.45, 2.75) is 6.04 Å². The fourth-order valence-corrected chi connectivity index (χ4v) is 2.33. The molecular weight excluding hydrogens is 287 g/mol. The quantitative estimate of drug-likeness (QED) is 0.865. The van der Waals surface area contributed by atoms with E-state index < -0.39 is 12.0 Å². The van der Waals surface area contributed by atoms with Gasteiger partial charge in [0.15, 0.2) is 6.04 Å². The largest absolute Gasteiger partial charge is 0.473 e. The van der Waals surface area contributed by atoms with Crippen LogP contribution < -0.4 is 0 Å². The first-order valence-corrected chi connectivity index (χ1v) is 6.23. The molecule has 0 saturated heterocycles. The summed E-state index contributed by atoms with van der Waals surface area (Å²) in [6, 6.07) is 3.53. The highest BCUT2D eigenvalue weighted by Gasteiger charge is 2.29. The van der Waals surface area contributed by atoms with E-state index >= 15 is 0 Å². The van der Waals surface area contributed by atoms with Crippen molar-refractivity contribution in [1.29, 1.82) is 0 Å². The van der Waals surface area contributed by atoms with Gasteiger partial charge in [-0.1, -0.05) is 11.6 Å². The van der Waals surface area contributed by atoms with Gasteiger partial charge < -0.3 is 14.5 Å². The van der Waals surface area contributed by atoms with Gasteiger partial charge in [0.2, 0.25) is 5.90 Å². The van der Waals surface area contributed by atoms with Crippen molar-refractivity contribution in [2.75, 3.05) is 13.7 Å². The summed E-state index contributed by atoms with van der Waals surface area (Å²) in [5.74, 6) is -0.632. The van der Waals surface area contributed by atoms with Crippen LogP contribution in [0.1, 0.15) is 5.69 Å².